The van der Waals surface area contributed by atoms with Gasteiger partial charge in [0.1, 0.15) is 0 Å². The average Bonchev–Trinajstić information content (AvgIpc) is 3.14. The van der Waals surface area contributed by atoms with Gasteiger partial charge >= 0.3 is 6.03 Å². The Morgan fingerprint density at radius 1 is 1.28 bits per heavy atom. The molecule has 25 heavy (non-hydrogen) atoms. The first-order chi connectivity index (χ1) is 12.2. The van der Waals surface area contributed by atoms with Gasteiger partial charge in [-0.15, -0.1) is 0 Å². The van der Waals surface area contributed by atoms with Gasteiger partial charge in [-0.2, -0.15) is 0 Å². The molecule has 1 aromatic heterocycles. The molecular weight excluding hydrogens is 312 g/mol. The molecule has 0 unspecified atom stereocenters. The van der Waals surface area contributed by atoms with Crippen LogP contribution in [0.1, 0.15) is 44.1 Å². The number of carbonyl (C=O) groups excluding carboxylic acids is 1. The minimum atomic E-state index is 0.145. The summed E-state index contributed by atoms with van der Waals surface area (Å²) in [6, 6.07) is 4.25. The molecule has 0 radical (unpaired) electrons. The van der Waals surface area contributed by atoms with E-state index < -0.39 is 0 Å². The van der Waals surface area contributed by atoms with Gasteiger partial charge in [-0.05, 0) is 56.2 Å². The maximum Gasteiger partial charge on any atom is 0.317 e. The third-order valence-electron chi connectivity index (χ3n) is 5.57. The molecule has 0 aromatic carbocycles. The van der Waals surface area contributed by atoms with Gasteiger partial charge in [0.25, 0.3) is 0 Å². The Kier molecular flexibility index (Phi) is 6.68. The number of carbonyl (C=O) groups is 1. The topological polar surface area (TPSA) is 48.5 Å². The van der Waals surface area contributed by atoms with E-state index in [0.29, 0.717) is 11.8 Å². The van der Waals surface area contributed by atoms with Crippen molar-refractivity contribution in [2.75, 3.05) is 33.2 Å². The summed E-state index contributed by atoms with van der Waals surface area (Å²) in [5, 5.41) is 3.17. The lowest BCUT2D eigenvalue weighted by Gasteiger charge is -2.35. The lowest BCUT2D eigenvalue weighted by Crippen LogP contribution is -2.48. The molecule has 2 heterocycles. The van der Waals surface area contributed by atoms with Crippen LogP contribution in [0.25, 0.3) is 0 Å². The Morgan fingerprint density at radius 3 is 2.84 bits per heavy atom. The van der Waals surface area contributed by atoms with Crippen molar-refractivity contribution in [2.45, 2.75) is 45.1 Å². The van der Waals surface area contributed by atoms with Crippen LogP contribution in [0.5, 0.6) is 0 Å². The van der Waals surface area contributed by atoms with Crippen LogP contribution >= 0.6 is 0 Å². The van der Waals surface area contributed by atoms with Crippen molar-refractivity contribution >= 4 is 6.03 Å². The molecule has 5 nitrogen and oxygen atoms in total. The highest BCUT2D eigenvalue weighted by Gasteiger charge is 2.25. The normalized spacial score (nSPS) is 21.7. The van der Waals surface area contributed by atoms with Gasteiger partial charge in [0.05, 0.1) is 0 Å². The summed E-state index contributed by atoms with van der Waals surface area (Å²) in [6.07, 6.45) is 11.3. The number of nitrogens with zero attached hydrogens (tertiary/aromatic N) is 3. The van der Waals surface area contributed by atoms with Gasteiger partial charge in [0.2, 0.25) is 0 Å². The third kappa shape index (κ3) is 5.70. The van der Waals surface area contributed by atoms with E-state index in [2.05, 4.69) is 28.3 Å². The number of pyridine rings is 1. The van der Waals surface area contributed by atoms with Crippen molar-refractivity contribution in [3.05, 3.63) is 30.1 Å². The monoisotopic (exact) mass is 344 g/mol. The summed E-state index contributed by atoms with van der Waals surface area (Å²) in [7, 11) is 2.16. The molecule has 3 rings (SSSR count). The summed E-state index contributed by atoms with van der Waals surface area (Å²) in [5.41, 5.74) is 1.24. The van der Waals surface area contributed by atoms with Crippen molar-refractivity contribution in [3.8, 4) is 0 Å². The Labute approximate surface area is 151 Å². The first-order valence-corrected chi connectivity index (χ1v) is 9.81. The maximum absolute atomic E-state index is 12.5. The number of hydrogen-bond donors (Lipinski definition) is 1. The van der Waals surface area contributed by atoms with Gasteiger partial charge < -0.3 is 15.1 Å². The summed E-state index contributed by atoms with van der Waals surface area (Å²) >= 11 is 0. The molecule has 0 spiro atoms. The van der Waals surface area contributed by atoms with Crippen molar-refractivity contribution in [3.63, 3.8) is 0 Å². The fraction of sp³-hybridized carbons (Fsp3) is 0.700. The minimum absolute atomic E-state index is 0.145. The smallest absolute Gasteiger partial charge is 0.317 e. The van der Waals surface area contributed by atoms with E-state index >= 15 is 0 Å². The number of rotatable bonds is 6. The van der Waals surface area contributed by atoms with Gasteiger partial charge in [0.15, 0.2) is 0 Å². The summed E-state index contributed by atoms with van der Waals surface area (Å²) in [6.45, 7) is 4.59. The SMILES string of the molecule is CN(Cc1cccnc1)C[C@H]1CCCN(C(=O)NCC2CCCC2)C1. The number of urea groups is 1. The average molecular weight is 345 g/mol. The Morgan fingerprint density at radius 2 is 2.08 bits per heavy atom. The first-order valence-electron chi connectivity index (χ1n) is 9.81. The van der Waals surface area contributed by atoms with Crippen LogP contribution < -0.4 is 5.32 Å². The van der Waals surface area contributed by atoms with Crippen LogP contribution in [-0.4, -0.2) is 54.0 Å². The third-order valence-corrected chi connectivity index (χ3v) is 5.57. The van der Waals surface area contributed by atoms with Gasteiger partial charge in [-0.1, -0.05) is 18.9 Å². The van der Waals surface area contributed by atoms with E-state index in [1.807, 2.05) is 23.4 Å². The molecule has 2 aliphatic rings. The van der Waals surface area contributed by atoms with Crippen LogP contribution in [-0.2, 0) is 6.54 Å². The highest BCUT2D eigenvalue weighted by molar-refractivity contribution is 5.74. The highest BCUT2D eigenvalue weighted by atomic mass is 16.2. The van der Waals surface area contributed by atoms with Gasteiger partial charge in [-0.25, -0.2) is 4.79 Å². The van der Waals surface area contributed by atoms with Crippen molar-refractivity contribution in [1.82, 2.24) is 20.1 Å². The molecule has 2 fully saturated rings. The molecular formula is C20H32N4O. The standard InChI is InChI=1S/C20H32N4O/c1-23(14-18-8-4-10-21-12-18)15-19-9-5-11-24(16-19)20(25)22-13-17-6-2-3-7-17/h4,8,10,12,17,19H,2-3,5-7,9,11,13-16H2,1H3,(H,22,25)/t19-/m1/s1. The van der Waals surface area contributed by atoms with Crippen LogP contribution in [0.3, 0.4) is 0 Å². The van der Waals surface area contributed by atoms with E-state index in [-0.39, 0.29) is 6.03 Å². The van der Waals surface area contributed by atoms with E-state index in [0.717, 1.165) is 39.1 Å². The van der Waals surface area contributed by atoms with E-state index in [4.69, 9.17) is 0 Å². The molecule has 0 bridgehead atoms. The van der Waals surface area contributed by atoms with Crippen molar-refractivity contribution < 1.29 is 4.79 Å². The maximum atomic E-state index is 12.5. The molecule has 138 valence electrons. The number of hydrogen-bond acceptors (Lipinski definition) is 3. The molecule has 2 amide bonds. The van der Waals surface area contributed by atoms with Crippen molar-refractivity contribution in [1.29, 1.82) is 0 Å². The second-order valence-electron chi connectivity index (χ2n) is 7.85. The van der Waals surface area contributed by atoms with E-state index in [1.54, 1.807) is 0 Å². The number of nitrogens with one attached hydrogen (secondary N) is 1. The Balaban J connectivity index is 1.41. The second-order valence-corrected chi connectivity index (χ2v) is 7.85. The Hall–Kier alpha value is -1.62. The zero-order valence-electron chi connectivity index (χ0n) is 15.5. The van der Waals surface area contributed by atoms with Gasteiger partial charge in [-0.3, -0.25) is 4.98 Å². The molecule has 1 aliphatic heterocycles. The quantitative estimate of drug-likeness (QED) is 0.862. The van der Waals surface area contributed by atoms with E-state index in [1.165, 1.54) is 37.7 Å². The summed E-state index contributed by atoms with van der Waals surface area (Å²) < 4.78 is 0. The van der Waals surface area contributed by atoms with Crippen LogP contribution in [0.2, 0.25) is 0 Å². The van der Waals surface area contributed by atoms with E-state index in [9.17, 15) is 4.79 Å². The fourth-order valence-electron chi connectivity index (χ4n) is 4.27. The zero-order chi connectivity index (χ0) is 17.5. The van der Waals surface area contributed by atoms with Crippen LogP contribution in [0, 0.1) is 11.8 Å². The molecule has 1 saturated heterocycles. The largest absolute Gasteiger partial charge is 0.338 e. The number of amides is 2. The lowest BCUT2D eigenvalue weighted by molar-refractivity contribution is 0.144. The summed E-state index contributed by atoms with van der Waals surface area (Å²) in [5.74, 6) is 1.27. The first kappa shape index (κ1) is 18.2. The predicted molar refractivity (Wildman–Crippen MR) is 100 cm³/mol. The van der Waals surface area contributed by atoms with Gasteiger partial charge in [0, 0.05) is 45.1 Å². The molecule has 1 aliphatic carbocycles. The fourth-order valence-corrected chi connectivity index (χ4v) is 4.27. The summed E-state index contributed by atoms with van der Waals surface area (Å²) in [4.78, 5) is 21.0. The molecule has 1 aromatic rings. The molecule has 1 saturated carbocycles. The number of aromatic nitrogens is 1. The van der Waals surface area contributed by atoms with Crippen LogP contribution in [0.15, 0.2) is 24.5 Å². The van der Waals surface area contributed by atoms with Crippen LogP contribution in [0.4, 0.5) is 4.79 Å². The highest BCUT2D eigenvalue weighted by Crippen LogP contribution is 2.24. The minimum Gasteiger partial charge on any atom is -0.338 e. The lowest BCUT2D eigenvalue weighted by atomic mass is 9.97. The van der Waals surface area contributed by atoms with Crippen molar-refractivity contribution in [2.24, 2.45) is 11.8 Å². The predicted octanol–water partition coefficient (Wildman–Crippen LogP) is 3.13. The molecule has 1 N–H and O–H groups in total. The zero-order valence-corrected chi connectivity index (χ0v) is 15.5. The number of likely N-dealkylation sites (tertiary alicyclic amines) is 1. The number of piperidine rings is 1. The molecule has 5 heteroatoms. The second kappa shape index (κ2) is 9.18. The molecule has 1 atom stereocenters. The Bertz CT molecular complexity index is 530.